The summed E-state index contributed by atoms with van der Waals surface area (Å²) in [6, 6.07) is 1.85. The number of carbonyl (C=O) groups is 4. The van der Waals surface area contributed by atoms with Gasteiger partial charge in [-0.3, -0.25) is 19.3 Å². The summed E-state index contributed by atoms with van der Waals surface area (Å²) in [5, 5.41) is 2.28. The first-order chi connectivity index (χ1) is 12.0. The number of thioether (sulfide) groups is 1. The number of imide groups is 1. The van der Waals surface area contributed by atoms with Crippen LogP contribution in [0, 0.1) is 0 Å². The van der Waals surface area contributed by atoms with E-state index in [0.717, 1.165) is 35.9 Å². The zero-order valence-corrected chi connectivity index (χ0v) is 15.3. The average molecular weight is 382 g/mol. The van der Waals surface area contributed by atoms with E-state index in [1.54, 1.807) is 0 Å². The number of aryl methyl sites for hydroxylation is 2. The number of hydrogen-bond donors (Lipinski definition) is 1. The van der Waals surface area contributed by atoms with Gasteiger partial charge in [-0.15, -0.1) is 11.3 Å². The number of nitrogens with zero attached hydrogens (tertiary/aromatic N) is 1. The lowest BCUT2D eigenvalue weighted by atomic mass is 10.2. The lowest BCUT2D eigenvalue weighted by Crippen LogP contribution is -2.41. The Bertz CT molecular complexity index is 693. The first-order valence-electron chi connectivity index (χ1n) is 8.03. The third-order valence-electron chi connectivity index (χ3n) is 4.08. The minimum absolute atomic E-state index is 0.120. The number of amides is 3. The minimum Gasteiger partial charge on any atom is -0.448 e. The molecule has 25 heavy (non-hydrogen) atoms. The van der Waals surface area contributed by atoms with Crippen molar-refractivity contribution >= 4 is 46.1 Å². The van der Waals surface area contributed by atoms with Crippen molar-refractivity contribution in [3.8, 4) is 0 Å². The van der Waals surface area contributed by atoms with Crippen LogP contribution in [0.1, 0.15) is 33.5 Å². The topological polar surface area (TPSA) is 92.8 Å². The maximum Gasteiger partial charge on any atom is 0.349 e. The molecule has 0 radical (unpaired) electrons. The second-order valence-corrected chi connectivity index (χ2v) is 7.91. The second kappa shape index (κ2) is 7.57. The molecule has 0 unspecified atom stereocenters. The molecule has 3 rings (SSSR count). The van der Waals surface area contributed by atoms with Crippen LogP contribution in [0.15, 0.2) is 6.07 Å². The van der Waals surface area contributed by atoms with Crippen LogP contribution in [-0.4, -0.2) is 52.9 Å². The molecule has 1 aliphatic heterocycles. The molecule has 1 N–H and O–H groups in total. The van der Waals surface area contributed by atoms with Crippen LogP contribution in [0.3, 0.4) is 0 Å². The molecule has 0 saturated carbocycles. The van der Waals surface area contributed by atoms with Crippen molar-refractivity contribution in [2.75, 3.05) is 18.8 Å². The molecular formula is C16H18N2O5S2. The standard InChI is InChI=1S/C16H18N2O5S2/c1-9(14(20)17-5-6-18-13(19)8-24-16(18)22)23-15(21)12-7-10-3-2-4-11(10)25-12/h7,9H,2-6,8H2,1H3,(H,17,20)/t9-/m1/s1. The normalized spacial score (nSPS) is 17.6. The summed E-state index contributed by atoms with van der Waals surface area (Å²) in [5.41, 5.74) is 1.20. The average Bonchev–Trinajstić information content (AvgIpc) is 3.24. The highest BCUT2D eigenvalue weighted by atomic mass is 32.2. The maximum atomic E-state index is 12.1. The van der Waals surface area contributed by atoms with Gasteiger partial charge in [0.2, 0.25) is 5.91 Å². The molecule has 0 spiro atoms. The summed E-state index contributed by atoms with van der Waals surface area (Å²) in [6.07, 6.45) is 2.16. The Labute approximate surface area is 153 Å². The van der Waals surface area contributed by atoms with Gasteiger partial charge < -0.3 is 10.1 Å². The highest BCUT2D eigenvalue weighted by Crippen LogP contribution is 2.31. The van der Waals surface area contributed by atoms with E-state index in [2.05, 4.69) is 5.32 Å². The molecule has 0 bridgehead atoms. The quantitative estimate of drug-likeness (QED) is 0.751. The van der Waals surface area contributed by atoms with Gasteiger partial charge in [0.25, 0.3) is 11.1 Å². The Hall–Kier alpha value is -1.87. The third-order valence-corrected chi connectivity index (χ3v) is 6.15. The molecule has 0 aromatic carbocycles. The Kier molecular flexibility index (Phi) is 5.43. The molecule has 1 saturated heterocycles. The Morgan fingerprint density at radius 2 is 2.16 bits per heavy atom. The van der Waals surface area contributed by atoms with Crippen LogP contribution in [-0.2, 0) is 27.2 Å². The maximum absolute atomic E-state index is 12.1. The monoisotopic (exact) mass is 382 g/mol. The van der Waals surface area contributed by atoms with Crippen LogP contribution >= 0.6 is 23.1 Å². The van der Waals surface area contributed by atoms with Crippen molar-refractivity contribution in [1.82, 2.24) is 10.2 Å². The molecule has 1 aliphatic carbocycles. The number of rotatable bonds is 6. The number of esters is 1. The first-order valence-corrected chi connectivity index (χ1v) is 9.83. The molecule has 7 nitrogen and oxygen atoms in total. The summed E-state index contributed by atoms with van der Waals surface area (Å²) >= 11 is 2.38. The van der Waals surface area contributed by atoms with Crippen molar-refractivity contribution < 1.29 is 23.9 Å². The molecule has 3 amide bonds. The van der Waals surface area contributed by atoms with Crippen molar-refractivity contribution in [3.63, 3.8) is 0 Å². The molecule has 1 aromatic rings. The number of hydrogen-bond acceptors (Lipinski definition) is 7. The second-order valence-electron chi connectivity index (χ2n) is 5.85. The summed E-state index contributed by atoms with van der Waals surface area (Å²) in [5.74, 6) is -1.06. The van der Waals surface area contributed by atoms with Gasteiger partial charge >= 0.3 is 5.97 Å². The van der Waals surface area contributed by atoms with Crippen LogP contribution < -0.4 is 5.32 Å². The summed E-state index contributed by atoms with van der Waals surface area (Å²) in [6.45, 7) is 1.75. The fourth-order valence-electron chi connectivity index (χ4n) is 2.73. The van der Waals surface area contributed by atoms with Crippen LogP contribution in [0.4, 0.5) is 4.79 Å². The van der Waals surface area contributed by atoms with Crippen molar-refractivity contribution in [2.45, 2.75) is 32.3 Å². The first kappa shape index (κ1) is 17.9. The Balaban J connectivity index is 1.44. The Morgan fingerprint density at radius 1 is 1.36 bits per heavy atom. The zero-order chi connectivity index (χ0) is 18.0. The van der Waals surface area contributed by atoms with Gasteiger partial charge in [-0.05, 0) is 37.8 Å². The van der Waals surface area contributed by atoms with E-state index in [0.29, 0.717) is 4.88 Å². The van der Waals surface area contributed by atoms with E-state index in [4.69, 9.17) is 4.74 Å². The van der Waals surface area contributed by atoms with E-state index in [1.165, 1.54) is 28.7 Å². The van der Waals surface area contributed by atoms with Crippen molar-refractivity contribution in [3.05, 3.63) is 21.4 Å². The van der Waals surface area contributed by atoms with Crippen LogP contribution in [0.2, 0.25) is 0 Å². The van der Waals surface area contributed by atoms with Crippen LogP contribution in [0.5, 0.6) is 0 Å². The predicted molar refractivity (Wildman–Crippen MR) is 93.8 cm³/mol. The van der Waals surface area contributed by atoms with E-state index >= 15 is 0 Å². The van der Waals surface area contributed by atoms with E-state index in [9.17, 15) is 19.2 Å². The Morgan fingerprint density at radius 3 is 2.84 bits per heavy atom. The smallest absolute Gasteiger partial charge is 0.349 e. The SMILES string of the molecule is C[C@@H](OC(=O)c1cc2c(s1)CCC2)C(=O)NCCN1C(=O)CSC1=O. The fraction of sp³-hybridized carbons (Fsp3) is 0.500. The highest BCUT2D eigenvalue weighted by molar-refractivity contribution is 8.14. The zero-order valence-electron chi connectivity index (χ0n) is 13.7. The predicted octanol–water partition coefficient (Wildman–Crippen LogP) is 1.59. The largest absolute Gasteiger partial charge is 0.448 e. The van der Waals surface area contributed by atoms with Crippen molar-refractivity contribution in [2.24, 2.45) is 0 Å². The fourth-order valence-corrected chi connectivity index (χ4v) is 4.62. The molecule has 2 heterocycles. The number of carbonyl (C=O) groups excluding carboxylic acids is 4. The molecule has 1 fully saturated rings. The highest BCUT2D eigenvalue weighted by Gasteiger charge is 2.29. The van der Waals surface area contributed by atoms with E-state index in [1.807, 2.05) is 6.07 Å². The molecule has 2 aliphatic rings. The van der Waals surface area contributed by atoms with Crippen molar-refractivity contribution in [1.29, 1.82) is 0 Å². The summed E-state index contributed by atoms with van der Waals surface area (Å²) in [4.78, 5) is 49.9. The molecular weight excluding hydrogens is 364 g/mol. The van der Waals surface area contributed by atoms with Gasteiger partial charge in [-0.1, -0.05) is 11.8 Å². The minimum atomic E-state index is -0.941. The number of nitrogens with one attached hydrogen (secondary N) is 1. The van der Waals surface area contributed by atoms with E-state index in [-0.39, 0.29) is 30.0 Å². The van der Waals surface area contributed by atoms with Gasteiger partial charge in [0.1, 0.15) is 4.88 Å². The van der Waals surface area contributed by atoms with Gasteiger partial charge in [-0.25, -0.2) is 4.79 Å². The molecule has 1 atom stereocenters. The van der Waals surface area contributed by atoms with E-state index < -0.39 is 18.0 Å². The summed E-state index contributed by atoms with van der Waals surface area (Å²) < 4.78 is 5.21. The molecule has 9 heteroatoms. The molecule has 1 aromatic heterocycles. The number of ether oxygens (including phenoxy) is 1. The van der Waals surface area contributed by atoms with Crippen LogP contribution in [0.25, 0.3) is 0 Å². The lowest BCUT2D eigenvalue weighted by Gasteiger charge is -2.15. The lowest BCUT2D eigenvalue weighted by molar-refractivity contribution is -0.130. The summed E-state index contributed by atoms with van der Waals surface area (Å²) in [7, 11) is 0. The molecule has 134 valence electrons. The number of thiophene rings is 1. The van der Waals surface area contributed by atoms with Gasteiger partial charge in [0, 0.05) is 18.0 Å². The number of fused-ring (bicyclic) bond motifs is 1. The van der Waals surface area contributed by atoms with Gasteiger partial charge in [-0.2, -0.15) is 0 Å². The van der Waals surface area contributed by atoms with Gasteiger partial charge in [0.05, 0.1) is 5.75 Å². The third kappa shape index (κ3) is 4.04. The van der Waals surface area contributed by atoms with Gasteiger partial charge in [0.15, 0.2) is 6.10 Å².